The van der Waals surface area contributed by atoms with E-state index in [1.165, 1.54) is 6.07 Å². The lowest BCUT2D eigenvalue weighted by atomic mass is 10.2. The van der Waals surface area contributed by atoms with Gasteiger partial charge in [0.25, 0.3) is 10.0 Å². The van der Waals surface area contributed by atoms with E-state index in [1.54, 1.807) is 11.8 Å². The molecule has 2 aromatic rings. The number of pyridine rings is 1. The Bertz CT molecular complexity index is 1020. The van der Waals surface area contributed by atoms with Crippen LogP contribution in [0.3, 0.4) is 0 Å². The summed E-state index contributed by atoms with van der Waals surface area (Å²) in [5.41, 5.74) is 0.603. The largest absolute Gasteiger partial charge is 0.378 e. The van der Waals surface area contributed by atoms with E-state index in [2.05, 4.69) is 9.71 Å². The first-order valence-corrected chi connectivity index (χ1v) is 9.51. The van der Waals surface area contributed by atoms with E-state index in [4.69, 9.17) is 10.00 Å². The summed E-state index contributed by atoms with van der Waals surface area (Å²) in [4.78, 5) is 5.36. The molecule has 2 heterocycles. The summed E-state index contributed by atoms with van der Waals surface area (Å²) in [6.07, 6.45) is 1.10. The Morgan fingerprint density at radius 1 is 1.22 bits per heavy atom. The molecule has 3 rings (SSSR count). The number of nitrogens with zero attached hydrogens (tertiary/aromatic N) is 3. The quantitative estimate of drug-likeness (QED) is 0.854. The summed E-state index contributed by atoms with van der Waals surface area (Å²) >= 11 is 0. The van der Waals surface area contributed by atoms with Crippen molar-refractivity contribution in [2.24, 2.45) is 0 Å². The molecule has 27 heavy (non-hydrogen) atoms. The summed E-state index contributed by atoms with van der Waals surface area (Å²) in [6.45, 7) is 3.17. The molecule has 0 atom stereocenters. The monoisotopic (exact) mass is 394 g/mol. The van der Waals surface area contributed by atoms with E-state index in [0.29, 0.717) is 32.0 Å². The Balaban J connectivity index is 2.01. The number of morpholine rings is 1. The number of hydrogen-bond acceptors (Lipinski definition) is 6. The smallest absolute Gasteiger partial charge is 0.263 e. The van der Waals surface area contributed by atoms with Crippen molar-refractivity contribution in [2.45, 2.75) is 11.8 Å². The van der Waals surface area contributed by atoms with Crippen molar-refractivity contribution < 1.29 is 21.9 Å². The Morgan fingerprint density at radius 2 is 1.89 bits per heavy atom. The highest BCUT2D eigenvalue weighted by atomic mass is 32.2. The van der Waals surface area contributed by atoms with Gasteiger partial charge in [-0.1, -0.05) is 0 Å². The molecule has 1 aromatic carbocycles. The van der Waals surface area contributed by atoms with Crippen LogP contribution in [-0.2, 0) is 14.8 Å². The third-order valence-electron chi connectivity index (χ3n) is 4.13. The highest BCUT2D eigenvalue weighted by Gasteiger charge is 2.23. The Morgan fingerprint density at radius 3 is 2.56 bits per heavy atom. The van der Waals surface area contributed by atoms with Gasteiger partial charge in [-0.2, -0.15) is 5.26 Å². The van der Waals surface area contributed by atoms with Gasteiger partial charge in [0.05, 0.1) is 35.8 Å². The molecule has 1 fully saturated rings. The zero-order valence-electron chi connectivity index (χ0n) is 14.4. The highest BCUT2D eigenvalue weighted by molar-refractivity contribution is 7.92. The second-order valence-corrected chi connectivity index (χ2v) is 7.59. The van der Waals surface area contributed by atoms with Crippen molar-refractivity contribution in [3.8, 4) is 6.07 Å². The van der Waals surface area contributed by atoms with Gasteiger partial charge in [-0.25, -0.2) is 17.2 Å². The molecule has 1 N–H and O–H groups in total. The lowest BCUT2D eigenvalue weighted by Crippen LogP contribution is -2.37. The molecule has 0 bridgehead atoms. The van der Waals surface area contributed by atoms with Gasteiger partial charge in [-0.3, -0.25) is 9.71 Å². The fourth-order valence-corrected chi connectivity index (χ4v) is 3.70. The van der Waals surface area contributed by atoms with Crippen LogP contribution >= 0.6 is 0 Å². The van der Waals surface area contributed by atoms with Crippen LogP contribution in [-0.4, -0.2) is 39.7 Å². The van der Waals surface area contributed by atoms with Gasteiger partial charge in [0.15, 0.2) is 11.6 Å². The van der Waals surface area contributed by atoms with E-state index in [9.17, 15) is 17.2 Å². The Labute approximate surface area is 155 Å². The number of anilines is 2. The van der Waals surface area contributed by atoms with Gasteiger partial charge in [0.2, 0.25) is 0 Å². The molecule has 1 aliphatic heterocycles. The van der Waals surface area contributed by atoms with Crippen LogP contribution in [0.5, 0.6) is 0 Å². The number of nitriles is 1. The molecule has 10 heteroatoms. The van der Waals surface area contributed by atoms with Gasteiger partial charge in [0.1, 0.15) is 11.0 Å². The molecular weight excluding hydrogens is 378 g/mol. The van der Waals surface area contributed by atoms with Crippen molar-refractivity contribution in [3.63, 3.8) is 0 Å². The summed E-state index contributed by atoms with van der Waals surface area (Å²) in [5.74, 6) is -2.26. The van der Waals surface area contributed by atoms with Crippen LogP contribution < -0.4 is 9.62 Å². The van der Waals surface area contributed by atoms with Crippen LogP contribution in [0.2, 0.25) is 0 Å². The average molecular weight is 394 g/mol. The zero-order chi connectivity index (χ0) is 19.6. The fraction of sp³-hybridized carbons (Fsp3) is 0.294. The number of rotatable bonds is 4. The maximum atomic E-state index is 13.8. The van der Waals surface area contributed by atoms with Crippen molar-refractivity contribution in [1.29, 1.82) is 5.26 Å². The summed E-state index contributed by atoms with van der Waals surface area (Å²) in [7, 11) is -4.16. The van der Waals surface area contributed by atoms with Gasteiger partial charge in [-0.05, 0) is 13.0 Å². The van der Waals surface area contributed by atoms with Crippen molar-refractivity contribution in [3.05, 3.63) is 47.3 Å². The second-order valence-electron chi connectivity index (χ2n) is 5.90. The summed E-state index contributed by atoms with van der Waals surface area (Å²) < 4.78 is 60.4. The zero-order valence-corrected chi connectivity index (χ0v) is 15.2. The van der Waals surface area contributed by atoms with Crippen LogP contribution in [0.1, 0.15) is 11.3 Å². The van der Waals surface area contributed by atoms with Crippen LogP contribution in [0, 0.1) is 29.9 Å². The molecule has 0 saturated carbocycles. The van der Waals surface area contributed by atoms with E-state index >= 15 is 0 Å². The first-order chi connectivity index (χ1) is 12.8. The molecule has 1 aromatic heterocycles. The van der Waals surface area contributed by atoms with Crippen LogP contribution in [0.25, 0.3) is 0 Å². The standard InChI is InChI=1S/C17H16F2N4O3S/c1-11-12(9-20)6-13(10-21-11)27(24,25)22-16-7-14(18)15(19)8-17(16)23-2-4-26-5-3-23/h6-8,10,22H,2-5H2,1H3. The maximum absolute atomic E-state index is 13.8. The molecule has 0 spiro atoms. The van der Waals surface area contributed by atoms with E-state index in [0.717, 1.165) is 18.3 Å². The van der Waals surface area contributed by atoms with Gasteiger partial charge >= 0.3 is 0 Å². The summed E-state index contributed by atoms with van der Waals surface area (Å²) in [6, 6.07) is 4.79. The van der Waals surface area contributed by atoms with E-state index in [-0.39, 0.29) is 21.8 Å². The minimum absolute atomic E-state index is 0.102. The molecule has 0 amide bonds. The third-order valence-corrected chi connectivity index (χ3v) is 5.46. The first-order valence-electron chi connectivity index (χ1n) is 8.03. The minimum atomic E-state index is -4.16. The minimum Gasteiger partial charge on any atom is -0.378 e. The first kappa shape index (κ1) is 19.0. The number of aryl methyl sites for hydroxylation is 1. The third kappa shape index (κ3) is 3.99. The van der Waals surface area contributed by atoms with Crippen molar-refractivity contribution >= 4 is 21.4 Å². The SMILES string of the molecule is Cc1ncc(S(=O)(=O)Nc2cc(F)c(F)cc2N2CCOCC2)cc1C#N. The van der Waals surface area contributed by atoms with Crippen molar-refractivity contribution in [1.82, 2.24) is 4.98 Å². The van der Waals surface area contributed by atoms with Crippen LogP contribution in [0.15, 0.2) is 29.3 Å². The number of aromatic nitrogens is 1. The molecule has 0 unspecified atom stereocenters. The van der Waals surface area contributed by atoms with E-state index in [1.807, 2.05) is 6.07 Å². The topological polar surface area (TPSA) is 95.3 Å². The fourth-order valence-electron chi connectivity index (χ4n) is 2.66. The molecule has 1 saturated heterocycles. The van der Waals surface area contributed by atoms with Gasteiger partial charge < -0.3 is 9.64 Å². The van der Waals surface area contributed by atoms with Gasteiger partial charge in [-0.15, -0.1) is 0 Å². The predicted molar refractivity (Wildman–Crippen MR) is 93.9 cm³/mol. The molecule has 142 valence electrons. The molecule has 1 aliphatic rings. The maximum Gasteiger partial charge on any atom is 0.263 e. The number of nitrogens with one attached hydrogen (secondary N) is 1. The molecule has 0 aliphatic carbocycles. The van der Waals surface area contributed by atoms with Gasteiger partial charge in [0, 0.05) is 31.4 Å². The lowest BCUT2D eigenvalue weighted by Gasteiger charge is -2.30. The molecule has 0 radical (unpaired) electrons. The Kier molecular flexibility index (Phi) is 5.25. The molecule has 7 nitrogen and oxygen atoms in total. The number of benzene rings is 1. The van der Waals surface area contributed by atoms with Crippen molar-refractivity contribution in [2.75, 3.05) is 35.9 Å². The number of hydrogen-bond donors (Lipinski definition) is 1. The number of ether oxygens (including phenoxy) is 1. The number of halogens is 2. The highest BCUT2D eigenvalue weighted by Crippen LogP contribution is 2.31. The molecular formula is C17H16F2N4O3S. The van der Waals surface area contributed by atoms with E-state index < -0.39 is 21.7 Å². The Hall–Kier alpha value is -2.77. The number of sulfonamides is 1. The van der Waals surface area contributed by atoms with Crippen LogP contribution in [0.4, 0.5) is 20.2 Å². The summed E-state index contributed by atoms with van der Waals surface area (Å²) in [5, 5.41) is 9.06. The normalized spacial score (nSPS) is 14.7. The average Bonchev–Trinajstić information content (AvgIpc) is 2.65. The predicted octanol–water partition coefficient (Wildman–Crippen LogP) is 2.18. The lowest BCUT2D eigenvalue weighted by molar-refractivity contribution is 0.122. The second kappa shape index (κ2) is 7.46.